The highest BCUT2D eigenvalue weighted by atomic mass is 35.5. The van der Waals surface area contributed by atoms with Crippen LogP contribution < -0.4 is 10.6 Å². The second-order valence-corrected chi connectivity index (χ2v) is 5.51. The van der Waals surface area contributed by atoms with Gasteiger partial charge in [-0.15, -0.1) is 5.10 Å². The first-order chi connectivity index (χ1) is 12.1. The van der Waals surface area contributed by atoms with Crippen LogP contribution in [0.15, 0.2) is 54.7 Å². The lowest BCUT2D eigenvalue weighted by molar-refractivity contribution is 0.0964. The molecule has 0 bridgehead atoms. The van der Waals surface area contributed by atoms with Crippen molar-refractivity contribution in [3.63, 3.8) is 0 Å². The third-order valence-electron chi connectivity index (χ3n) is 3.41. The standard InChI is InChI=1S/C17H14ClN5O2/c1-19-16(24)13-9-11(18)7-8-14(13)21-17(25)15-10-20-23(22-15)12-5-3-2-4-6-12/h2-10H,1H3,(H,19,24)(H,21,25). The number of benzene rings is 2. The molecule has 0 spiro atoms. The maximum Gasteiger partial charge on any atom is 0.277 e. The number of aromatic nitrogens is 3. The lowest BCUT2D eigenvalue weighted by Crippen LogP contribution is -2.21. The second kappa shape index (κ2) is 7.14. The van der Waals surface area contributed by atoms with Crippen LogP contribution in [0, 0.1) is 0 Å². The van der Waals surface area contributed by atoms with Crippen LogP contribution in [0.1, 0.15) is 20.8 Å². The third kappa shape index (κ3) is 3.67. The summed E-state index contributed by atoms with van der Waals surface area (Å²) in [5.74, 6) is -0.833. The molecule has 2 N–H and O–H groups in total. The molecule has 0 aliphatic carbocycles. The number of rotatable bonds is 4. The molecule has 2 aromatic carbocycles. The minimum atomic E-state index is -0.477. The van der Waals surface area contributed by atoms with E-state index in [0.29, 0.717) is 10.7 Å². The molecule has 126 valence electrons. The second-order valence-electron chi connectivity index (χ2n) is 5.08. The van der Waals surface area contributed by atoms with Gasteiger partial charge in [0, 0.05) is 12.1 Å². The fraction of sp³-hybridized carbons (Fsp3) is 0.0588. The molecule has 8 heteroatoms. The van der Waals surface area contributed by atoms with Crippen LogP contribution in [-0.2, 0) is 0 Å². The summed E-state index contributed by atoms with van der Waals surface area (Å²) in [6, 6.07) is 13.9. The molecule has 0 radical (unpaired) electrons. The number of hydrogen-bond acceptors (Lipinski definition) is 4. The molecule has 0 fully saturated rings. The Morgan fingerprint density at radius 1 is 1.08 bits per heavy atom. The fourth-order valence-electron chi connectivity index (χ4n) is 2.19. The van der Waals surface area contributed by atoms with Crippen LogP contribution >= 0.6 is 11.6 Å². The summed E-state index contributed by atoms with van der Waals surface area (Å²) >= 11 is 5.92. The van der Waals surface area contributed by atoms with Crippen molar-refractivity contribution in [2.24, 2.45) is 0 Å². The molecule has 0 saturated carbocycles. The van der Waals surface area contributed by atoms with Gasteiger partial charge in [0.25, 0.3) is 11.8 Å². The van der Waals surface area contributed by atoms with Crippen molar-refractivity contribution < 1.29 is 9.59 Å². The van der Waals surface area contributed by atoms with E-state index in [1.165, 1.54) is 24.1 Å². The van der Waals surface area contributed by atoms with Gasteiger partial charge in [0.05, 0.1) is 23.1 Å². The van der Waals surface area contributed by atoms with E-state index >= 15 is 0 Å². The summed E-state index contributed by atoms with van der Waals surface area (Å²) in [4.78, 5) is 25.7. The minimum Gasteiger partial charge on any atom is -0.355 e. The molecule has 2 amide bonds. The maximum absolute atomic E-state index is 12.4. The number of carbonyl (C=O) groups excluding carboxylic acids is 2. The lowest BCUT2D eigenvalue weighted by Gasteiger charge is -2.09. The molecule has 0 aliphatic rings. The zero-order valence-electron chi connectivity index (χ0n) is 13.2. The predicted molar refractivity (Wildman–Crippen MR) is 94.2 cm³/mol. The van der Waals surface area contributed by atoms with E-state index in [9.17, 15) is 9.59 Å². The lowest BCUT2D eigenvalue weighted by atomic mass is 10.1. The summed E-state index contributed by atoms with van der Waals surface area (Å²) in [6.45, 7) is 0. The fourth-order valence-corrected chi connectivity index (χ4v) is 2.36. The van der Waals surface area contributed by atoms with Gasteiger partial charge >= 0.3 is 0 Å². The van der Waals surface area contributed by atoms with Gasteiger partial charge in [-0.3, -0.25) is 9.59 Å². The van der Waals surface area contributed by atoms with E-state index in [0.717, 1.165) is 5.69 Å². The Morgan fingerprint density at radius 3 is 2.56 bits per heavy atom. The summed E-state index contributed by atoms with van der Waals surface area (Å²) in [5, 5.41) is 13.8. The summed E-state index contributed by atoms with van der Waals surface area (Å²) in [6.07, 6.45) is 1.36. The number of nitrogens with zero attached hydrogens (tertiary/aromatic N) is 3. The Labute approximate surface area is 148 Å². The molecule has 7 nitrogen and oxygen atoms in total. The van der Waals surface area contributed by atoms with E-state index in [4.69, 9.17) is 11.6 Å². The van der Waals surface area contributed by atoms with E-state index in [1.807, 2.05) is 30.3 Å². The van der Waals surface area contributed by atoms with Crippen molar-refractivity contribution in [2.75, 3.05) is 12.4 Å². The largest absolute Gasteiger partial charge is 0.355 e. The molecular weight excluding hydrogens is 342 g/mol. The van der Waals surface area contributed by atoms with Crippen molar-refractivity contribution in [3.05, 3.63) is 71.0 Å². The molecular formula is C17H14ClN5O2. The number of carbonyl (C=O) groups is 2. The van der Waals surface area contributed by atoms with Gasteiger partial charge in [-0.2, -0.15) is 9.90 Å². The number of anilines is 1. The van der Waals surface area contributed by atoms with Crippen LogP contribution in [0.5, 0.6) is 0 Å². The van der Waals surface area contributed by atoms with Crippen LogP contribution in [0.25, 0.3) is 5.69 Å². The minimum absolute atomic E-state index is 0.127. The van der Waals surface area contributed by atoms with Gasteiger partial charge < -0.3 is 10.6 Å². The first kappa shape index (κ1) is 16.7. The molecule has 3 aromatic rings. The van der Waals surface area contributed by atoms with E-state index in [2.05, 4.69) is 20.8 Å². The summed E-state index contributed by atoms with van der Waals surface area (Å²) in [7, 11) is 1.50. The van der Waals surface area contributed by atoms with Crippen LogP contribution in [0.2, 0.25) is 5.02 Å². The molecule has 1 aromatic heterocycles. The number of para-hydroxylation sites is 1. The highest BCUT2D eigenvalue weighted by Gasteiger charge is 2.16. The predicted octanol–water partition coefficient (Wildman–Crippen LogP) is 2.53. The Balaban J connectivity index is 1.84. The first-order valence-electron chi connectivity index (χ1n) is 7.39. The Morgan fingerprint density at radius 2 is 1.84 bits per heavy atom. The SMILES string of the molecule is CNC(=O)c1cc(Cl)ccc1NC(=O)c1cnn(-c2ccccc2)n1. The van der Waals surface area contributed by atoms with Gasteiger partial charge in [0.15, 0.2) is 5.69 Å². The topological polar surface area (TPSA) is 88.9 Å². The van der Waals surface area contributed by atoms with Crippen LogP contribution in [-0.4, -0.2) is 33.9 Å². The zero-order valence-corrected chi connectivity index (χ0v) is 14.0. The van der Waals surface area contributed by atoms with Crippen LogP contribution in [0.3, 0.4) is 0 Å². The Bertz CT molecular complexity index is 924. The maximum atomic E-state index is 12.4. The van der Waals surface area contributed by atoms with Crippen molar-refractivity contribution in [1.82, 2.24) is 20.3 Å². The van der Waals surface area contributed by atoms with Gasteiger partial charge in [-0.05, 0) is 30.3 Å². The molecule has 0 aliphatic heterocycles. The van der Waals surface area contributed by atoms with Gasteiger partial charge in [0.1, 0.15) is 0 Å². The molecule has 3 rings (SSSR count). The molecule has 0 saturated heterocycles. The Hall–Kier alpha value is -3.19. The molecule has 0 unspecified atom stereocenters. The number of nitrogens with one attached hydrogen (secondary N) is 2. The van der Waals surface area contributed by atoms with E-state index in [-0.39, 0.29) is 17.2 Å². The van der Waals surface area contributed by atoms with Crippen molar-refractivity contribution in [2.45, 2.75) is 0 Å². The van der Waals surface area contributed by atoms with Crippen molar-refractivity contribution in [3.8, 4) is 5.69 Å². The normalized spacial score (nSPS) is 10.3. The van der Waals surface area contributed by atoms with Gasteiger partial charge in [-0.1, -0.05) is 29.8 Å². The average molecular weight is 356 g/mol. The summed E-state index contributed by atoms with van der Waals surface area (Å²) in [5.41, 5.74) is 1.46. The average Bonchev–Trinajstić information content (AvgIpc) is 3.13. The summed E-state index contributed by atoms with van der Waals surface area (Å²) < 4.78 is 0. The molecule has 1 heterocycles. The third-order valence-corrected chi connectivity index (χ3v) is 3.65. The Kier molecular flexibility index (Phi) is 4.76. The highest BCUT2D eigenvalue weighted by molar-refractivity contribution is 6.31. The number of hydrogen-bond donors (Lipinski definition) is 2. The highest BCUT2D eigenvalue weighted by Crippen LogP contribution is 2.21. The smallest absolute Gasteiger partial charge is 0.277 e. The van der Waals surface area contributed by atoms with Crippen molar-refractivity contribution in [1.29, 1.82) is 0 Å². The quantitative estimate of drug-likeness (QED) is 0.752. The zero-order chi connectivity index (χ0) is 17.8. The van der Waals surface area contributed by atoms with E-state index in [1.54, 1.807) is 12.1 Å². The molecule has 0 atom stereocenters. The first-order valence-corrected chi connectivity index (χ1v) is 7.77. The van der Waals surface area contributed by atoms with Gasteiger partial charge in [0.2, 0.25) is 0 Å². The number of halogens is 1. The monoisotopic (exact) mass is 355 g/mol. The molecule has 25 heavy (non-hydrogen) atoms. The van der Waals surface area contributed by atoms with Gasteiger partial charge in [-0.25, -0.2) is 0 Å². The van der Waals surface area contributed by atoms with Crippen LogP contribution in [0.4, 0.5) is 5.69 Å². The van der Waals surface area contributed by atoms with E-state index < -0.39 is 5.91 Å². The number of amides is 2. The van der Waals surface area contributed by atoms with Crippen molar-refractivity contribution >= 4 is 29.1 Å².